The Bertz CT molecular complexity index is 3100. The van der Waals surface area contributed by atoms with Crippen molar-refractivity contribution in [3.05, 3.63) is 155 Å². The lowest BCUT2D eigenvalue weighted by atomic mass is 9.72. The van der Waals surface area contributed by atoms with Crippen molar-refractivity contribution in [1.82, 2.24) is 13.0 Å². The molecule has 9 rings (SSSR count). The molecular weight excluding hydrogens is 797 g/mol. The second kappa shape index (κ2) is 13.8. The third kappa shape index (κ3) is 6.57. The van der Waals surface area contributed by atoms with Crippen LogP contribution >= 0.6 is 15.2 Å². The fourth-order valence-corrected chi connectivity index (χ4v) is 12.7. The summed E-state index contributed by atoms with van der Waals surface area (Å²) in [6.07, 6.45) is 5.77. The van der Waals surface area contributed by atoms with Gasteiger partial charge < -0.3 is 13.8 Å². The molecule has 1 aliphatic rings. The van der Waals surface area contributed by atoms with Gasteiger partial charge in [-0.05, 0) is 89.8 Å². The minimum absolute atomic E-state index is 0.276. The van der Waals surface area contributed by atoms with Crippen molar-refractivity contribution in [2.24, 2.45) is 0 Å². The molecule has 8 aromatic rings. The van der Waals surface area contributed by atoms with E-state index in [1.54, 1.807) is 11.0 Å². The van der Waals surface area contributed by atoms with Crippen LogP contribution in [0.1, 0.15) is 94.3 Å². The zero-order chi connectivity index (χ0) is 43.6. The first-order chi connectivity index (χ1) is 28.6. The van der Waals surface area contributed by atoms with Crippen molar-refractivity contribution < 1.29 is 22.9 Å². The van der Waals surface area contributed by atoms with Gasteiger partial charge in [0.25, 0.3) is 0 Å². The van der Waals surface area contributed by atoms with Crippen LogP contribution in [0.25, 0.3) is 32.7 Å². The number of rotatable bonds is 7. The molecule has 8 nitrogen and oxygen atoms in total. The van der Waals surface area contributed by atoms with Crippen molar-refractivity contribution in [3.63, 3.8) is 0 Å². The van der Waals surface area contributed by atoms with E-state index in [1.807, 2.05) is 133 Å². The van der Waals surface area contributed by atoms with E-state index in [9.17, 15) is 0 Å². The van der Waals surface area contributed by atoms with E-state index in [0.717, 1.165) is 71.7 Å². The van der Waals surface area contributed by atoms with Crippen LogP contribution in [0.2, 0.25) is 0 Å². The molecule has 1 unspecified atom stereocenters. The largest absolute Gasteiger partial charge is 0.457 e. The van der Waals surface area contributed by atoms with Gasteiger partial charge in [0.15, 0.2) is 23.0 Å². The zero-order valence-corrected chi connectivity index (χ0v) is 39.0. The van der Waals surface area contributed by atoms with Crippen LogP contribution in [0.4, 0.5) is 0 Å². The lowest BCUT2D eigenvalue weighted by molar-refractivity contribution is 0.370. The standard InChI is InChI=1S/C51H55N3O5P2/c1-32-29-52(42-22-16-13-19-37(32)42)60(12,55)58-45-27-35(49(4,5)6)25-40-47(45)57-48-41(51(40,10)11)26-36(50(7,8)9)28-46(48)59-61(56,53-30-33(2)38-20-14-17-23-43(38)53)54-31-34(3)39-21-15-18-24-44(39)54/h13-31H,1-12H3. The second-order valence-corrected chi connectivity index (χ2v) is 23.7. The summed E-state index contributed by atoms with van der Waals surface area (Å²) < 4.78 is 58.2. The Morgan fingerprint density at radius 2 is 0.902 bits per heavy atom. The molecule has 0 spiro atoms. The van der Waals surface area contributed by atoms with Crippen LogP contribution < -0.4 is 13.8 Å². The van der Waals surface area contributed by atoms with Crippen molar-refractivity contribution in [3.8, 4) is 23.0 Å². The van der Waals surface area contributed by atoms with Gasteiger partial charge in [0.2, 0.25) is 0 Å². The Kier molecular flexibility index (Phi) is 9.26. The minimum atomic E-state index is -4.10. The second-order valence-electron chi connectivity index (χ2n) is 19.4. The monoisotopic (exact) mass is 851 g/mol. The molecule has 0 amide bonds. The number of hydrogen-bond donors (Lipinski definition) is 0. The molecule has 3 aromatic heterocycles. The molecule has 0 radical (unpaired) electrons. The maximum absolute atomic E-state index is 16.6. The summed E-state index contributed by atoms with van der Waals surface area (Å²) >= 11 is 0. The molecule has 0 N–H and O–H groups in total. The third-order valence-electron chi connectivity index (χ3n) is 12.5. The molecule has 1 aliphatic heterocycles. The molecular formula is C51H55N3O5P2. The SMILES string of the molecule is Cc1cn(P(C)(=O)Oc2cc(C(C)(C)C)cc3c2Oc2c(OP(=O)(n4cc(C)c5ccccc54)n4cc(C)c5ccccc54)cc(C(C)(C)C)cc2C3(C)C)c2ccccc12. The van der Waals surface area contributed by atoms with Gasteiger partial charge in [-0.3, -0.25) is 8.90 Å². The quantitative estimate of drug-likeness (QED) is 0.149. The summed E-state index contributed by atoms with van der Waals surface area (Å²) in [4.78, 5) is 0. The molecule has 4 heterocycles. The first kappa shape index (κ1) is 41.0. The number of benzene rings is 5. The van der Waals surface area contributed by atoms with Gasteiger partial charge in [-0.2, -0.15) is 0 Å². The summed E-state index contributed by atoms with van der Waals surface area (Å²) in [6.45, 7) is 25.1. The predicted octanol–water partition coefficient (Wildman–Crippen LogP) is 14.8. The van der Waals surface area contributed by atoms with E-state index in [0.29, 0.717) is 23.0 Å². The highest BCUT2D eigenvalue weighted by molar-refractivity contribution is 7.57. The summed E-state index contributed by atoms with van der Waals surface area (Å²) in [5.41, 5.74) is 7.95. The highest BCUT2D eigenvalue weighted by atomic mass is 31.2. The predicted molar refractivity (Wildman–Crippen MR) is 251 cm³/mol. The minimum Gasteiger partial charge on any atom is -0.449 e. The molecule has 0 saturated heterocycles. The maximum atomic E-state index is 16.6. The van der Waals surface area contributed by atoms with Gasteiger partial charge in [0.05, 0.1) is 16.6 Å². The average Bonchev–Trinajstić information content (AvgIpc) is 3.85. The topological polar surface area (TPSA) is 76.6 Å². The number of para-hydroxylation sites is 3. The molecule has 0 saturated carbocycles. The number of ether oxygens (including phenoxy) is 1. The van der Waals surface area contributed by atoms with E-state index in [1.165, 1.54) is 0 Å². The fourth-order valence-electron chi connectivity index (χ4n) is 8.85. The molecule has 61 heavy (non-hydrogen) atoms. The van der Waals surface area contributed by atoms with Gasteiger partial charge in [0.1, 0.15) is 0 Å². The van der Waals surface area contributed by atoms with E-state index in [2.05, 4.69) is 67.5 Å². The molecule has 10 heteroatoms. The van der Waals surface area contributed by atoms with E-state index in [-0.39, 0.29) is 10.8 Å². The van der Waals surface area contributed by atoms with E-state index in [4.69, 9.17) is 13.8 Å². The zero-order valence-electron chi connectivity index (χ0n) is 37.2. The molecule has 0 bridgehead atoms. The summed E-state index contributed by atoms with van der Waals surface area (Å²) in [5.74, 6) is 1.60. The van der Waals surface area contributed by atoms with Crippen molar-refractivity contribution >= 4 is 47.9 Å². The van der Waals surface area contributed by atoms with Crippen LogP contribution in [-0.4, -0.2) is 19.7 Å². The smallest absolute Gasteiger partial charge is 0.449 e. The number of nitrogens with zero attached hydrogens (tertiary/aromatic N) is 3. The van der Waals surface area contributed by atoms with Gasteiger partial charge in [0, 0.05) is 58.0 Å². The molecule has 0 aliphatic carbocycles. The van der Waals surface area contributed by atoms with Crippen molar-refractivity contribution in [2.45, 2.75) is 92.4 Å². The van der Waals surface area contributed by atoms with Crippen molar-refractivity contribution in [1.29, 1.82) is 0 Å². The first-order valence-electron chi connectivity index (χ1n) is 20.9. The van der Waals surface area contributed by atoms with Crippen LogP contribution in [0.15, 0.2) is 116 Å². The number of aryl methyl sites for hydroxylation is 3. The summed E-state index contributed by atoms with van der Waals surface area (Å²) in [7, 11) is -7.68. The number of hydrogen-bond acceptors (Lipinski definition) is 5. The number of aromatic nitrogens is 3. The van der Waals surface area contributed by atoms with E-state index >= 15 is 9.13 Å². The lowest BCUT2D eigenvalue weighted by Crippen LogP contribution is -2.27. The summed E-state index contributed by atoms with van der Waals surface area (Å²) in [5, 5.41) is 2.99. The first-order valence-corrected chi connectivity index (χ1v) is 24.5. The van der Waals surface area contributed by atoms with Crippen molar-refractivity contribution in [2.75, 3.05) is 6.66 Å². The Labute approximate surface area is 359 Å². The van der Waals surface area contributed by atoms with Crippen LogP contribution in [-0.2, 0) is 25.4 Å². The van der Waals surface area contributed by atoms with E-state index < -0.39 is 20.6 Å². The average molecular weight is 852 g/mol. The maximum Gasteiger partial charge on any atom is 0.457 e. The molecule has 314 valence electrons. The molecule has 1 atom stereocenters. The van der Waals surface area contributed by atoms with Crippen LogP contribution in [0.3, 0.4) is 0 Å². The molecule has 0 fully saturated rings. The Morgan fingerprint density at radius 1 is 0.541 bits per heavy atom. The Morgan fingerprint density at radius 3 is 1.31 bits per heavy atom. The van der Waals surface area contributed by atoms with Gasteiger partial charge in [-0.15, -0.1) is 0 Å². The number of fused-ring (bicyclic) bond motifs is 5. The Hall–Kier alpha value is -5.42. The van der Waals surface area contributed by atoms with Gasteiger partial charge >= 0.3 is 15.2 Å². The van der Waals surface area contributed by atoms with Gasteiger partial charge in [-0.1, -0.05) is 122 Å². The Balaban J connectivity index is 1.29. The third-order valence-corrected chi connectivity index (χ3v) is 16.3. The van der Waals surface area contributed by atoms with Gasteiger partial charge in [-0.25, -0.2) is 13.2 Å². The van der Waals surface area contributed by atoms with Crippen LogP contribution in [0.5, 0.6) is 23.0 Å². The highest BCUT2D eigenvalue weighted by Gasteiger charge is 2.43. The normalized spacial score (nSPS) is 15.1. The summed E-state index contributed by atoms with van der Waals surface area (Å²) in [6, 6.07) is 32.3. The fraction of sp³-hybridized carbons (Fsp3) is 0.294. The highest BCUT2D eigenvalue weighted by Crippen LogP contribution is 2.62. The lowest BCUT2D eigenvalue weighted by Gasteiger charge is -2.39. The van der Waals surface area contributed by atoms with Crippen LogP contribution in [0, 0.1) is 20.8 Å². The molecule has 5 aromatic carbocycles.